The summed E-state index contributed by atoms with van der Waals surface area (Å²) in [4.78, 5) is 3.82. The van der Waals surface area contributed by atoms with E-state index in [0.717, 1.165) is 0 Å². The van der Waals surface area contributed by atoms with Gasteiger partial charge < -0.3 is 5.11 Å². The topological polar surface area (TPSA) is 33.1 Å². The van der Waals surface area contributed by atoms with Crippen molar-refractivity contribution in [2.24, 2.45) is 0 Å². The van der Waals surface area contributed by atoms with Crippen molar-refractivity contribution in [2.45, 2.75) is 6.61 Å². The number of rotatable bonds is 2. The van der Waals surface area contributed by atoms with Gasteiger partial charge in [0.2, 0.25) is 0 Å². The highest BCUT2D eigenvalue weighted by atomic mass is 35.5. The summed E-state index contributed by atoms with van der Waals surface area (Å²) >= 11 is 11.8. The average Bonchev–Trinajstić information content (AvgIpc) is 2.29. The van der Waals surface area contributed by atoms with Crippen molar-refractivity contribution < 1.29 is 9.50 Å². The summed E-state index contributed by atoms with van der Waals surface area (Å²) in [6.45, 7) is -0.430. The molecule has 0 aliphatic heterocycles. The van der Waals surface area contributed by atoms with Crippen LogP contribution >= 0.6 is 23.2 Å². The Morgan fingerprint density at radius 3 is 2.59 bits per heavy atom. The summed E-state index contributed by atoms with van der Waals surface area (Å²) in [7, 11) is 0. The van der Waals surface area contributed by atoms with Gasteiger partial charge in [0.25, 0.3) is 0 Å². The first-order valence-electron chi connectivity index (χ1n) is 4.82. The molecule has 0 aliphatic carbocycles. The van der Waals surface area contributed by atoms with Gasteiger partial charge in [-0.05, 0) is 18.2 Å². The molecular weight excluding hydrogens is 264 g/mol. The maximum absolute atomic E-state index is 13.5. The second kappa shape index (κ2) is 5.00. The fraction of sp³-hybridized carbons (Fsp3) is 0.0833. The van der Waals surface area contributed by atoms with Crippen molar-refractivity contribution in [1.82, 2.24) is 4.98 Å². The van der Waals surface area contributed by atoms with Gasteiger partial charge >= 0.3 is 0 Å². The lowest BCUT2D eigenvalue weighted by molar-refractivity contribution is 0.270. The molecule has 0 saturated heterocycles. The van der Waals surface area contributed by atoms with Crippen LogP contribution in [0.4, 0.5) is 4.39 Å². The van der Waals surface area contributed by atoms with Gasteiger partial charge in [0.05, 0.1) is 6.61 Å². The zero-order chi connectivity index (χ0) is 12.4. The van der Waals surface area contributed by atoms with E-state index < -0.39 is 12.4 Å². The van der Waals surface area contributed by atoms with Gasteiger partial charge in [0, 0.05) is 27.4 Å². The number of nitrogens with zero attached hydrogens (tertiary/aromatic N) is 1. The van der Waals surface area contributed by atoms with E-state index in [1.807, 2.05) is 0 Å². The van der Waals surface area contributed by atoms with Crippen molar-refractivity contribution in [3.63, 3.8) is 0 Å². The van der Waals surface area contributed by atoms with Crippen molar-refractivity contribution >= 4 is 23.2 Å². The zero-order valence-corrected chi connectivity index (χ0v) is 10.1. The van der Waals surface area contributed by atoms with E-state index in [4.69, 9.17) is 28.3 Å². The van der Waals surface area contributed by atoms with E-state index in [0.29, 0.717) is 21.2 Å². The van der Waals surface area contributed by atoms with E-state index in [2.05, 4.69) is 4.98 Å². The average molecular weight is 272 g/mol. The van der Waals surface area contributed by atoms with Gasteiger partial charge in [0.15, 0.2) is 0 Å². The van der Waals surface area contributed by atoms with Gasteiger partial charge in [-0.3, -0.25) is 4.98 Å². The molecule has 5 heteroatoms. The lowest BCUT2D eigenvalue weighted by Crippen LogP contribution is -1.95. The van der Waals surface area contributed by atoms with Crippen LogP contribution in [0.25, 0.3) is 11.1 Å². The summed E-state index contributed by atoms with van der Waals surface area (Å²) in [5.41, 5.74) is 1.20. The molecule has 0 aliphatic rings. The molecule has 88 valence electrons. The molecule has 0 bridgehead atoms. The van der Waals surface area contributed by atoms with Crippen LogP contribution in [0.2, 0.25) is 10.0 Å². The molecule has 1 aromatic carbocycles. The van der Waals surface area contributed by atoms with Crippen LogP contribution in [0.1, 0.15) is 5.69 Å². The Kier molecular flexibility index (Phi) is 3.62. The lowest BCUT2D eigenvalue weighted by atomic mass is 10.1. The second-order valence-corrected chi connectivity index (χ2v) is 4.28. The highest BCUT2D eigenvalue weighted by molar-refractivity contribution is 6.36. The molecule has 0 spiro atoms. The van der Waals surface area contributed by atoms with Crippen LogP contribution in [0.5, 0.6) is 0 Å². The standard InChI is InChI=1S/C12H8Cl2FNO/c13-8-1-2-9(10(14)4-8)7-3-11(15)12(6-17)16-5-7/h1-5,17H,6H2. The zero-order valence-electron chi connectivity index (χ0n) is 8.62. The number of aliphatic hydroxyl groups is 1. The fourth-order valence-electron chi connectivity index (χ4n) is 1.45. The first-order chi connectivity index (χ1) is 8.11. The molecule has 1 heterocycles. The van der Waals surface area contributed by atoms with E-state index >= 15 is 0 Å². The Morgan fingerprint density at radius 2 is 2.00 bits per heavy atom. The summed E-state index contributed by atoms with van der Waals surface area (Å²) in [6, 6.07) is 6.23. The molecule has 0 amide bonds. The monoisotopic (exact) mass is 271 g/mol. The van der Waals surface area contributed by atoms with Gasteiger partial charge in [-0.15, -0.1) is 0 Å². The highest BCUT2D eigenvalue weighted by Crippen LogP contribution is 2.30. The number of aliphatic hydroxyl groups excluding tert-OH is 1. The van der Waals surface area contributed by atoms with Gasteiger partial charge in [-0.2, -0.15) is 0 Å². The molecule has 0 unspecified atom stereocenters. The molecule has 0 fully saturated rings. The van der Waals surface area contributed by atoms with Crippen LogP contribution in [0, 0.1) is 5.82 Å². The largest absolute Gasteiger partial charge is 0.390 e. The smallest absolute Gasteiger partial charge is 0.147 e. The van der Waals surface area contributed by atoms with Gasteiger partial charge in [-0.25, -0.2) is 4.39 Å². The Labute approximate surface area is 108 Å². The predicted octanol–water partition coefficient (Wildman–Crippen LogP) is 3.69. The highest BCUT2D eigenvalue weighted by Gasteiger charge is 2.08. The summed E-state index contributed by atoms with van der Waals surface area (Å²) in [6.07, 6.45) is 1.46. The molecule has 1 aromatic heterocycles. The maximum atomic E-state index is 13.5. The number of aromatic nitrogens is 1. The SMILES string of the molecule is OCc1ncc(-c2ccc(Cl)cc2Cl)cc1F. The summed E-state index contributed by atoms with van der Waals surface area (Å²) < 4.78 is 13.5. The second-order valence-electron chi connectivity index (χ2n) is 3.43. The van der Waals surface area contributed by atoms with E-state index in [1.165, 1.54) is 12.3 Å². The van der Waals surface area contributed by atoms with E-state index in [9.17, 15) is 4.39 Å². The van der Waals surface area contributed by atoms with E-state index in [1.54, 1.807) is 18.2 Å². The minimum absolute atomic E-state index is 0.0128. The lowest BCUT2D eigenvalue weighted by Gasteiger charge is -2.06. The molecular formula is C12H8Cl2FNO. The Bertz CT molecular complexity index is 560. The third-order valence-corrected chi connectivity index (χ3v) is 2.86. The predicted molar refractivity (Wildman–Crippen MR) is 65.6 cm³/mol. The van der Waals surface area contributed by atoms with Crippen LogP contribution in [-0.2, 0) is 6.61 Å². The summed E-state index contributed by atoms with van der Waals surface area (Å²) in [5, 5.41) is 9.76. The van der Waals surface area contributed by atoms with Crippen molar-refractivity contribution in [3.8, 4) is 11.1 Å². The number of pyridine rings is 1. The number of hydrogen-bond donors (Lipinski definition) is 1. The van der Waals surface area contributed by atoms with Crippen LogP contribution in [-0.4, -0.2) is 10.1 Å². The van der Waals surface area contributed by atoms with Crippen molar-refractivity contribution in [3.05, 3.63) is 52.0 Å². The third kappa shape index (κ3) is 2.57. The first kappa shape index (κ1) is 12.3. The number of halogens is 3. The Hall–Kier alpha value is -1.16. The number of hydrogen-bond acceptors (Lipinski definition) is 2. The molecule has 17 heavy (non-hydrogen) atoms. The van der Waals surface area contributed by atoms with Crippen LogP contribution < -0.4 is 0 Å². The Balaban J connectivity index is 2.50. The van der Waals surface area contributed by atoms with Crippen molar-refractivity contribution in [2.75, 3.05) is 0 Å². The quantitative estimate of drug-likeness (QED) is 0.904. The van der Waals surface area contributed by atoms with Gasteiger partial charge in [0.1, 0.15) is 11.5 Å². The minimum Gasteiger partial charge on any atom is -0.390 e. The van der Waals surface area contributed by atoms with Crippen molar-refractivity contribution in [1.29, 1.82) is 0 Å². The van der Waals surface area contributed by atoms with E-state index in [-0.39, 0.29) is 5.69 Å². The third-order valence-electron chi connectivity index (χ3n) is 2.31. The molecule has 0 saturated carbocycles. The summed E-state index contributed by atoms with van der Waals surface area (Å²) in [5.74, 6) is -0.559. The molecule has 2 nitrogen and oxygen atoms in total. The maximum Gasteiger partial charge on any atom is 0.147 e. The molecule has 0 atom stereocenters. The van der Waals surface area contributed by atoms with Crippen LogP contribution in [0.3, 0.4) is 0 Å². The molecule has 2 aromatic rings. The minimum atomic E-state index is -0.559. The molecule has 2 rings (SSSR count). The molecule has 1 N–H and O–H groups in total. The first-order valence-corrected chi connectivity index (χ1v) is 5.58. The normalized spacial score (nSPS) is 10.6. The van der Waals surface area contributed by atoms with Crippen LogP contribution in [0.15, 0.2) is 30.5 Å². The molecule has 0 radical (unpaired) electrons. The Morgan fingerprint density at radius 1 is 1.24 bits per heavy atom. The van der Waals surface area contributed by atoms with Gasteiger partial charge in [-0.1, -0.05) is 29.3 Å². The fourth-order valence-corrected chi connectivity index (χ4v) is 1.97. The number of benzene rings is 1.